The van der Waals surface area contributed by atoms with Gasteiger partial charge in [0.15, 0.2) is 0 Å². The highest BCUT2D eigenvalue weighted by molar-refractivity contribution is 5.68. The molecule has 3 nitrogen and oxygen atoms in total. The second kappa shape index (κ2) is 5.33. The molecule has 0 spiro atoms. The first kappa shape index (κ1) is 14.1. The number of hydrogen-bond donors (Lipinski definition) is 2. The molecular formula is C16H22O3. The van der Waals surface area contributed by atoms with Crippen LogP contribution in [0.5, 0.6) is 0 Å². The molecule has 0 amide bonds. The van der Waals surface area contributed by atoms with E-state index in [-0.39, 0.29) is 12.3 Å². The maximum Gasteiger partial charge on any atom is 0.303 e. The molecule has 1 aliphatic carbocycles. The first-order valence-corrected chi connectivity index (χ1v) is 6.89. The highest BCUT2D eigenvalue weighted by Gasteiger charge is 2.35. The number of rotatable bonds is 6. The molecule has 0 aromatic heterocycles. The van der Waals surface area contributed by atoms with E-state index in [4.69, 9.17) is 5.11 Å². The number of hydrogen-bond acceptors (Lipinski definition) is 2. The van der Waals surface area contributed by atoms with Crippen molar-refractivity contribution in [3.05, 3.63) is 35.4 Å². The Hall–Kier alpha value is -1.35. The molecule has 1 fully saturated rings. The van der Waals surface area contributed by atoms with Gasteiger partial charge in [0, 0.05) is 6.42 Å². The summed E-state index contributed by atoms with van der Waals surface area (Å²) in [5.41, 5.74) is 1.41. The van der Waals surface area contributed by atoms with Crippen LogP contribution in [0, 0.1) is 5.92 Å². The monoisotopic (exact) mass is 262 g/mol. The molecule has 104 valence electrons. The van der Waals surface area contributed by atoms with Crippen molar-refractivity contribution in [2.75, 3.05) is 0 Å². The molecule has 0 radical (unpaired) electrons. The Morgan fingerprint density at radius 3 is 2.53 bits per heavy atom. The lowest BCUT2D eigenvalue weighted by atomic mass is 9.84. The lowest BCUT2D eigenvalue weighted by Crippen LogP contribution is -2.23. The predicted octanol–water partition coefficient (Wildman–Crippen LogP) is 2.97. The largest absolute Gasteiger partial charge is 0.481 e. The summed E-state index contributed by atoms with van der Waals surface area (Å²) in [6.07, 6.45) is 2.99. The van der Waals surface area contributed by atoms with Gasteiger partial charge in [0.1, 0.15) is 0 Å². The number of carbonyl (C=O) groups is 1. The van der Waals surface area contributed by atoms with Crippen molar-refractivity contribution in [3.63, 3.8) is 0 Å². The summed E-state index contributed by atoms with van der Waals surface area (Å²) in [6, 6.07) is 7.94. The quantitative estimate of drug-likeness (QED) is 0.828. The van der Waals surface area contributed by atoms with E-state index in [0.29, 0.717) is 12.3 Å². The van der Waals surface area contributed by atoms with Crippen molar-refractivity contribution >= 4 is 5.97 Å². The first-order chi connectivity index (χ1) is 8.87. The van der Waals surface area contributed by atoms with Gasteiger partial charge in [-0.25, -0.2) is 0 Å². The molecule has 3 heteroatoms. The minimum absolute atomic E-state index is 0.0936. The van der Waals surface area contributed by atoms with Gasteiger partial charge in [-0.1, -0.05) is 24.3 Å². The van der Waals surface area contributed by atoms with E-state index >= 15 is 0 Å². The van der Waals surface area contributed by atoms with Crippen molar-refractivity contribution in [1.82, 2.24) is 0 Å². The third kappa shape index (κ3) is 4.06. The molecule has 1 unspecified atom stereocenters. The Morgan fingerprint density at radius 2 is 2.00 bits per heavy atom. The first-order valence-electron chi connectivity index (χ1n) is 6.89. The molecule has 0 heterocycles. The van der Waals surface area contributed by atoms with E-state index in [9.17, 15) is 9.90 Å². The van der Waals surface area contributed by atoms with Crippen molar-refractivity contribution in [2.24, 2.45) is 5.92 Å². The van der Waals surface area contributed by atoms with E-state index in [1.807, 2.05) is 24.3 Å². The van der Waals surface area contributed by atoms with Gasteiger partial charge in [-0.05, 0) is 49.7 Å². The van der Waals surface area contributed by atoms with E-state index in [2.05, 4.69) is 0 Å². The standard InChI is InChI=1S/C16H22O3/c1-16(2,19)10-12-5-3-4-6-13(12)14(9-15(17)18)11-7-8-11/h3-6,11,14,19H,7-10H2,1-2H3,(H,17,18). The summed E-state index contributed by atoms with van der Waals surface area (Å²) in [4.78, 5) is 11.1. The topological polar surface area (TPSA) is 57.5 Å². The van der Waals surface area contributed by atoms with Gasteiger partial charge in [-0.3, -0.25) is 4.79 Å². The summed E-state index contributed by atoms with van der Waals surface area (Å²) in [5, 5.41) is 19.1. The Bertz CT molecular complexity index is 455. The summed E-state index contributed by atoms with van der Waals surface area (Å²) in [5.74, 6) is -0.148. The van der Waals surface area contributed by atoms with Gasteiger partial charge in [0.2, 0.25) is 0 Å². The van der Waals surface area contributed by atoms with E-state index < -0.39 is 11.6 Å². The van der Waals surface area contributed by atoms with Gasteiger partial charge in [-0.15, -0.1) is 0 Å². The van der Waals surface area contributed by atoms with Gasteiger partial charge in [-0.2, -0.15) is 0 Å². The third-order valence-corrected chi connectivity index (χ3v) is 3.66. The average molecular weight is 262 g/mol. The highest BCUT2D eigenvalue weighted by Crippen LogP contribution is 2.45. The van der Waals surface area contributed by atoms with Crippen LogP contribution in [0.3, 0.4) is 0 Å². The van der Waals surface area contributed by atoms with E-state index in [0.717, 1.165) is 24.0 Å². The van der Waals surface area contributed by atoms with Crippen molar-refractivity contribution in [1.29, 1.82) is 0 Å². The fourth-order valence-corrected chi connectivity index (χ4v) is 2.74. The predicted molar refractivity (Wildman–Crippen MR) is 74.2 cm³/mol. The molecule has 0 saturated heterocycles. The second-order valence-electron chi connectivity index (χ2n) is 6.23. The molecular weight excluding hydrogens is 240 g/mol. The van der Waals surface area contributed by atoms with E-state index in [1.54, 1.807) is 13.8 Å². The van der Waals surface area contributed by atoms with Crippen molar-refractivity contribution < 1.29 is 15.0 Å². The van der Waals surface area contributed by atoms with Crippen LogP contribution < -0.4 is 0 Å². The van der Waals surface area contributed by atoms with Gasteiger partial charge < -0.3 is 10.2 Å². The Morgan fingerprint density at radius 1 is 1.37 bits per heavy atom. The minimum atomic E-state index is -0.770. The zero-order valence-corrected chi connectivity index (χ0v) is 11.6. The maximum atomic E-state index is 11.1. The summed E-state index contributed by atoms with van der Waals surface area (Å²) >= 11 is 0. The zero-order chi connectivity index (χ0) is 14.0. The molecule has 1 aliphatic rings. The summed E-state index contributed by atoms with van der Waals surface area (Å²) < 4.78 is 0. The van der Waals surface area contributed by atoms with Gasteiger partial charge in [0.05, 0.1) is 12.0 Å². The van der Waals surface area contributed by atoms with Crippen LogP contribution in [0.15, 0.2) is 24.3 Å². The molecule has 2 N–H and O–H groups in total. The molecule has 2 rings (SSSR count). The lowest BCUT2D eigenvalue weighted by molar-refractivity contribution is -0.137. The molecule has 0 aliphatic heterocycles. The molecule has 19 heavy (non-hydrogen) atoms. The van der Waals surface area contributed by atoms with Gasteiger partial charge in [0.25, 0.3) is 0 Å². The van der Waals surface area contributed by atoms with Crippen LogP contribution in [0.2, 0.25) is 0 Å². The highest BCUT2D eigenvalue weighted by atomic mass is 16.4. The molecule has 1 aromatic rings. The Balaban J connectivity index is 2.28. The van der Waals surface area contributed by atoms with Crippen LogP contribution in [0.4, 0.5) is 0 Å². The lowest BCUT2D eigenvalue weighted by Gasteiger charge is -2.23. The van der Waals surface area contributed by atoms with Crippen molar-refractivity contribution in [3.8, 4) is 0 Å². The third-order valence-electron chi connectivity index (χ3n) is 3.66. The normalized spacial score (nSPS) is 17.2. The van der Waals surface area contributed by atoms with Crippen LogP contribution >= 0.6 is 0 Å². The Labute approximate surface area is 114 Å². The van der Waals surface area contributed by atoms with Crippen LogP contribution in [-0.2, 0) is 11.2 Å². The van der Waals surface area contributed by atoms with Crippen LogP contribution in [0.1, 0.15) is 50.2 Å². The Kier molecular flexibility index (Phi) is 3.95. The van der Waals surface area contributed by atoms with Crippen LogP contribution in [-0.4, -0.2) is 21.8 Å². The summed E-state index contributed by atoms with van der Waals surface area (Å²) in [6.45, 7) is 3.57. The van der Waals surface area contributed by atoms with Gasteiger partial charge >= 0.3 is 5.97 Å². The smallest absolute Gasteiger partial charge is 0.303 e. The number of carboxylic acid groups (broad SMARTS) is 1. The number of aliphatic carboxylic acids is 1. The second-order valence-corrected chi connectivity index (χ2v) is 6.23. The molecule has 1 atom stereocenters. The molecule has 1 saturated carbocycles. The SMILES string of the molecule is CC(C)(O)Cc1ccccc1C(CC(=O)O)C1CC1. The molecule has 1 aromatic carbocycles. The van der Waals surface area contributed by atoms with E-state index in [1.165, 1.54) is 0 Å². The minimum Gasteiger partial charge on any atom is -0.481 e. The summed E-state index contributed by atoms with van der Waals surface area (Å²) in [7, 11) is 0. The molecule has 0 bridgehead atoms. The van der Waals surface area contributed by atoms with Crippen molar-refractivity contribution in [2.45, 2.75) is 51.0 Å². The number of benzene rings is 1. The maximum absolute atomic E-state index is 11.1. The van der Waals surface area contributed by atoms with Crippen LogP contribution in [0.25, 0.3) is 0 Å². The fraction of sp³-hybridized carbons (Fsp3) is 0.562. The number of carboxylic acids is 1. The fourth-order valence-electron chi connectivity index (χ4n) is 2.74. The number of aliphatic hydroxyl groups is 1. The average Bonchev–Trinajstić information content (AvgIpc) is 3.08. The zero-order valence-electron chi connectivity index (χ0n) is 11.6.